The maximum atomic E-state index is 12.6. The molecule has 9 heteroatoms. The highest BCUT2D eigenvalue weighted by Gasteiger charge is 2.40. The monoisotopic (exact) mass is 406 g/mol. The molecule has 0 saturated carbocycles. The molecular weight excluding hydrogens is 380 g/mol. The predicted octanol–water partition coefficient (Wildman–Crippen LogP) is 2.31. The SMILES string of the molecule is CC(C)COCC(NC(=O)OC(C)(C)C)C(=O)ON1C(=O)c2ccccc2C1=O. The minimum absolute atomic E-state index is 0.137. The first kappa shape index (κ1) is 22.4. The molecule has 1 aromatic rings. The van der Waals surface area contributed by atoms with Gasteiger partial charge in [-0.3, -0.25) is 9.59 Å². The Labute approximate surface area is 169 Å². The second kappa shape index (κ2) is 9.04. The Bertz CT molecular complexity index is 763. The van der Waals surface area contributed by atoms with Gasteiger partial charge in [-0.1, -0.05) is 31.0 Å². The Morgan fingerprint density at radius 2 is 1.59 bits per heavy atom. The zero-order chi connectivity index (χ0) is 21.8. The number of benzene rings is 1. The molecule has 1 aliphatic heterocycles. The number of ether oxygens (including phenoxy) is 2. The first-order valence-electron chi connectivity index (χ1n) is 9.26. The number of rotatable bonds is 7. The van der Waals surface area contributed by atoms with Crippen molar-refractivity contribution in [3.05, 3.63) is 35.4 Å². The van der Waals surface area contributed by atoms with Crippen LogP contribution in [0.15, 0.2) is 24.3 Å². The molecule has 1 atom stereocenters. The molecule has 0 aromatic heterocycles. The number of alkyl carbamates (subject to hydrolysis) is 1. The number of carbonyl (C=O) groups excluding carboxylic acids is 4. The smallest absolute Gasteiger partial charge is 0.408 e. The van der Waals surface area contributed by atoms with Gasteiger partial charge in [0, 0.05) is 6.61 Å². The maximum absolute atomic E-state index is 12.6. The summed E-state index contributed by atoms with van der Waals surface area (Å²) in [5.41, 5.74) is -0.504. The van der Waals surface area contributed by atoms with Crippen molar-refractivity contribution in [1.29, 1.82) is 0 Å². The Morgan fingerprint density at radius 3 is 2.07 bits per heavy atom. The summed E-state index contributed by atoms with van der Waals surface area (Å²) in [5, 5.41) is 2.75. The van der Waals surface area contributed by atoms with Crippen molar-refractivity contribution >= 4 is 23.9 Å². The van der Waals surface area contributed by atoms with E-state index in [1.165, 1.54) is 12.1 Å². The molecule has 1 N–H and O–H groups in total. The van der Waals surface area contributed by atoms with Crippen LogP contribution in [0, 0.1) is 5.92 Å². The number of hydrogen-bond acceptors (Lipinski definition) is 7. The Morgan fingerprint density at radius 1 is 1.03 bits per heavy atom. The van der Waals surface area contributed by atoms with E-state index >= 15 is 0 Å². The summed E-state index contributed by atoms with van der Waals surface area (Å²) in [6.45, 7) is 9.00. The highest BCUT2D eigenvalue weighted by atomic mass is 16.7. The van der Waals surface area contributed by atoms with E-state index in [1.807, 2.05) is 13.8 Å². The van der Waals surface area contributed by atoms with Gasteiger partial charge in [-0.15, -0.1) is 0 Å². The lowest BCUT2D eigenvalue weighted by molar-refractivity contribution is -0.172. The van der Waals surface area contributed by atoms with Crippen LogP contribution in [-0.2, 0) is 19.1 Å². The van der Waals surface area contributed by atoms with Crippen LogP contribution in [0.5, 0.6) is 0 Å². The Kier molecular flexibility index (Phi) is 6.97. The van der Waals surface area contributed by atoms with Crippen molar-refractivity contribution in [3.63, 3.8) is 0 Å². The topological polar surface area (TPSA) is 111 Å². The maximum Gasteiger partial charge on any atom is 0.408 e. The second-order valence-corrected chi connectivity index (χ2v) is 7.99. The fourth-order valence-corrected chi connectivity index (χ4v) is 2.44. The molecule has 0 radical (unpaired) electrons. The first-order valence-corrected chi connectivity index (χ1v) is 9.26. The van der Waals surface area contributed by atoms with Crippen molar-refractivity contribution in [2.45, 2.75) is 46.3 Å². The fourth-order valence-electron chi connectivity index (χ4n) is 2.44. The van der Waals surface area contributed by atoms with Crippen molar-refractivity contribution in [2.75, 3.05) is 13.2 Å². The van der Waals surface area contributed by atoms with Gasteiger partial charge in [-0.25, -0.2) is 9.59 Å². The van der Waals surface area contributed by atoms with E-state index in [4.69, 9.17) is 14.3 Å². The molecule has 2 rings (SSSR count). The molecule has 1 unspecified atom stereocenters. The number of hydrogen-bond donors (Lipinski definition) is 1. The largest absolute Gasteiger partial charge is 0.444 e. The summed E-state index contributed by atoms with van der Waals surface area (Å²) in [5.74, 6) is -2.32. The standard InChI is InChI=1S/C20H26N2O7/c1-12(2)10-27-11-15(21-19(26)28-20(3,4)5)18(25)29-22-16(23)13-8-6-7-9-14(13)17(22)24/h6-9,12,15H,10-11H2,1-5H3,(H,21,26). The van der Waals surface area contributed by atoms with Crippen LogP contribution in [0.25, 0.3) is 0 Å². The Hall–Kier alpha value is -2.94. The fraction of sp³-hybridized carbons (Fsp3) is 0.500. The average molecular weight is 406 g/mol. The normalized spacial score (nSPS) is 14.6. The van der Waals surface area contributed by atoms with E-state index < -0.39 is 35.5 Å². The van der Waals surface area contributed by atoms with Crippen LogP contribution < -0.4 is 5.32 Å². The van der Waals surface area contributed by atoms with Gasteiger partial charge < -0.3 is 19.6 Å². The van der Waals surface area contributed by atoms with Gasteiger partial charge in [0.15, 0.2) is 6.04 Å². The van der Waals surface area contributed by atoms with Crippen LogP contribution in [0.3, 0.4) is 0 Å². The highest BCUT2D eigenvalue weighted by molar-refractivity contribution is 6.20. The lowest BCUT2D eigenvalue weighted by atomic mass is 10.1. The molecule has 0 aliphatic carbocycles. The third-order valence-electron chi connectivity index (χ3n) is 3.65. The zero-order valence-electron chi connectivity index (χ0n) is 17.2. The molecular formula is C20H26N2O7. The highest BCUT2D eigenvalue weighted by Crippen LogP contribution is 2.23. The summed E-state index contributed by atoms with van der Waals surface area (Å²) in [4.78, 5) is 54.4. The molecule has 1 heterocycles. The first-order chi connectivity index (χ1) is 13.5. The number of nitrogens with one attached hydrogen (secondary N) is 1. The van der Waals surface area contributed by atoms with E-state index in [9.17, 15) is 19.2 Å². The summed E-state index contributed by atoms with van der Waals surface area (Å²) in [7, 11) is 0. The van der Waals surface area contributed by atoms with Gasteiger partial charge in [0.1, 0.15) is 5.60 Å². The number of imide groups is 1. The second-order valence-electron chi connectivity index (χ2n) is 7.99. The quantitative estimate of drug-likeness (QED) is 0.692. The van der Waals surface area contributed by atoms with Crippen LogP contribution in [0.4, 0.5) is 4.79 Å². The van der Waals surface area contributed by atoms with Gasteiger partial charge >= 0.3 is 12.1 Å². The lowest BCUT2D eigenvalue weighted by Crippen LogP contribution is -2.49. The van der Waals surface area contributed by atoms with Crippen molar-refractivity contribution in [3.8, 4) is 0 Å². The Balaban J connectivity index is 2.09. The van der Waals surface area contributed by atoms with E-state index in [1.54, 1.807) is 32.9 Å². The van der Waals surface area contributed by atoms with Gasteiger partial charge in [0.25, 0.3) is 11.8 Å². The molecule has 0 bridgehead atoms. The molecule has 0 saturated heterocycles. The van der Waals surface area contributed by atoms with Crippen molar-refractivity contribution in [2.24, 2.45) is 5.92 Å². The van der Waals surface area contributed by atoms with Gasteiger partial charge in [-0.2, -0.15) is 0 Å². The number of amides is 3. The minimum Gasteiger partial charge on any atom is -0.444 e. The van der Waals surface area contributed by atoms with Crippen molar-refractivity contribution in [1.82, 2.24) is 10.4 Å². The summed E-state index contributed by atoms with van der Waals surface area (Å²) in [6, 6.07) is 4.86. The summed E-state index contributed by atoms with van der Waals surface area (Å²) in [6.07, 6.45) is -0.852. The predicted molar refractivity (Wildman–Crippen MR) is 102 cm³/mol. The average Bonchev–Trinajstić information content (AvgIpc) is 2.84. The molecule has 3 amide bonds. The van der Waals surface area contributed by atoms with Crippen LogP contribution in [0.2, 0.25) is 0 Å². The lowest BCUT2D eigenvalue weighted by Gasteiger charge is -2.23. The summed E-state index contributed by atoms with van der Waals surface area (Å²) >= 11 is 0. The third-order valence-corrected chi connectivity index (χ3v) is 3.65. The van der Waals surface area contributed by atoms with Gasteiger partial charge in [0.2, 0.25) is 0 Å². The molecule has 1 aromatic carbocycles. The third kappa shape index (κ3) is 6.02. The molecule has 9 nitrogen and oxygen atoms in total. The molecule has 1 aliphatic rings. The van der Waals surface area contributed by atoms with Crippen LogP contribution in [0.1, 0.15) is 55.3 Å². The molecule has 158 valence electrons. The van der Waals surface area contributed by atoms with E-state index in [2.05, 4.69) is 5.32 Å². The van der Waals surface area contributed by atoms with Crippen LogP contribution >= 0.6 is 0 Å². The van der Waals surface area contributed by atoms with Crippen molar-refractivity contribution < 1.29 is 33.5 Å². The van der Waals surface area contributed by atoms with E-state index in [-0.39, 0.29) is 23.7 Å². The minimum atomic E-state index is -1.27. The summed E-state index contributed by atoms with van der Waals surface area (Å²) < 4.78 is 10.6. The number of nitrogens with zero attached hydrogens (tertiary/aromatic N) is 1. The number of fused-ring (bicyclic) bond motifs is 1. The van der Waals surface area contributed by atoms with Gasteiger partial charge in [0.05, 0.1) is 17.7 Å². The molecule has 0 spiro atoms. The van der Waals surface area contributed by atoms with Gasteiger partial charge in [-0.05, 0) is 38.8 Å². The van der Waals surface area contributed by atoms with E-state index in [0.29, 0.717) is 11.7 Å². The number of hydroxylamine groups is 2. The van der Waals surface area contributed by atoms with E-state index in [0.717, 1.165) is 0 Å². The molecule has 0 fully saturated rings. The number of carbonyl (C=O) groups is 4. The molecule has 29 heavy (non-hydrogen) atoms. The van der Waals surface area contributed by atoms with Crippen LogP contribution in [-0.4, -0.2) is 53.8 Å². The zero-order valence-corrected chi connectivity index (χ0v) is 17.2.